The molecule has 1 aliphatic heterocycles. The van der Waals surface area contributed by atoms with Gasteiger partial charge in [0.2, 0.25) is 0 Å². The van der Waals surface area contributed by atoms with Crippen LogP contribution in [0.1, 0.15) is 40.7 Å². The van der Waals surface area contributed by atoms with E-state index in [-0.39, 0.29) is 54.8 Å². The average molecular weight is 607 g/mol. The Bertz CT molecular complexity index is 1450. The molecule has 4 aliphatic rings. The van der Waals surface area contributed by atoms with Crippen LogP contribution in [0.5, 0.6) is 5.75 Å². The number of likely N-dealkylation sites (tertiary alicyclic amines) is 1. The van der Waals surface area contributed by atoms with Crippen molar-refractivity contribution < 1.29 is 42.9 Å². The molecule has 234 valence electrons. The second-order valence-electron chi connectivity index (χ2n) is 12.6. The third kappa shape index (κ3) is 5.05. The van der Waals surface area contributed by atoms with Crippen molar-refractivity contribution in [1.29, 1.82) is 0 Å². The molecular weight excluding hydrogens is 569 g/mol. The monoisotopic (exact) mass is 606 g/mol. The summed E-state index contributed by atoms with van der Waals surface area (Å²) in [5.41, 5.74) is 6.15. The SMILES string of the molecule is CN(C)c1cc(CN2CCCC(C(F)(F)F)C2)c(O)c2c1CC1CC3C(C(=O)C(C(N)=O)=C(O)C3N(C)C)C(O)=C1C2=O. The van der Waals surface area contributed by atoms with Crippen LogP contribution in [0.25, 0.3) is 0 Å². The van der Waals surface area contributed by atoms with E-state index in [1.807, 2.05) is 0 Å². The van der Waals surface area contributed by atoms with E-state index in [1.54, 1.807) is 49.0 Å². The fraction of sp³-hybridized carbons (Fsp3) is 0.567. The van der Waals surface area contributed by atoms with Gasteiger partial charge in [-0.05, 0) is 69.8 Å². The summed E-state index contributed by atoms with van der Waals surface area (Å²) in [7, 11) is 6.84. The van der Waals surface area contributed by atoms with E-state index in [4.69, 9.17) is 5.73 Å². The van der Waals surface area contributed by atoms with Gasteiger partial charge in [-0.1, -0.05) is 0 Å². The normalized spacial score (nSPS) is 28.1. The number of aliphatic hydroxyl groups is 2. The molecule has 0 saturated carbocycles. The maximum Gasteiger partial charge on any atom is 0.393 e. The molecule has 13 heteroatoms. The van der Waals surface area contributed by atoms with Gasteiger partial charge in [0, 0.05) is 44.0 Å². The molecule has 0 radical (unpaired) electrons. The lowest BCUT2D eigenvalue weighted by atomic mass is 9.60. The molecule has 0 aromatic heterocycles. The fourth-order valence-corrected chi connectivity index (χ4v) is 7.60. The van der Waals surface area contributed by atoms with E-state index in [2.05, 4.69) is 0 Å². The van der Waals surface area contributed by atoms with Gasteiger partial charge in [-0.25, -0.2) is 0 Å². The molecule has 10 nitrogen and oxygen atoms in total. The standard InChI is InChI=1S/C30H37F3N4O6/c1-35(2)18-10-14(11-37-7-5-6-15(12-37)30(31,32)33)24(38)20-16(18)8-13-9-17-21(26(40)19(13)25(20)39)27(41)22(29(34)43)28(42)23(17)36(3)4/h10,13,15,17,21,23,38,40,42H,5-9,11-12H2,1-4H3,(H2,34,43). The van der Waals surface area contributed by atoms with Crippen LogP contribution in [0.2, 0.25) is 0 Å². The van der Waals surface area contributed by atoms with Crippen LogP contribution in [0.15, 0.2) is 28.7 Å². The molecule has 5 rings (SSSR count). The number of ketones is 2. The number of Topliss-reactive ketones (excluding diaryl/α,β-unsaturated/α-hetero) is 2. The first-order valence-corrected chi connectivity index (χ1v) is 14.3. The first-order chi connectivity index (χ1) is 20.0. The topological polar surface area (TPSA) is 148 Å². The van der Waals surface area contributed by atoms with E-state index in [0.29, 0.717) is 24.2 Å². The van der Waals surface area contributed by atoms with E-state index in [9.17, 15) is 42.9 Å². The average Bonchev–Trinajstić information content (AvgIpc) is 2.88. The number of phenolic OH excluding ortho intramolecular Hbond substituents is 1. The van der Waals surface area contributed by atoms with Crippen molar-refractivity contribution >= 4 is 23.2 Å². The van der Waals surface area contributed by atoms with Crippen LogP contribution >= 0.6 is 0 Å². The Morgan fingerprint density at radius 1 is 1.12 bits per heavy atom. The van der Waals surface area contributed by atoms with Gasteiger partial charge in [-0.3, -0.25) is 24.2 Å². The van der Waals surface area contributed by atoms with E-state index >= 15 is 0 Å². The molecule has 5 N–H and O–H groups in total. The summed E-state index contributed by atoms with van der Waals surface area (Å²) in [5, 5.41) is 33.8. The number of hydrogen-bond donors (Lipinski definition) is 4. The first kappa shape index (κ1) is 30.9. The van der Waals surface area contributed by atoms with E-state index in [1.165, 1.54) is 0 Å². The number of rotatable bonds is 5. The summed E-state index contributed by atoms with van der Waals surface area (Å²) in [5.74, 6) is -8.03. The fourth-order valence-electron chi connectivity index (χ4n) is 7.60. The van der Waals surface area contributed by atoms with Gasteiger partial charge >= 0.3 is 6.18 Å². The zero-order valence-corrected chi connectivity index (χ0v) is 24.5. The number of phenols is 1. The number of amides is 1. The molecule has 1 amide bonds. The van der Waals surface area contributed by atoms with Gasteiger partial charge in [0.15, 0.2) is 11.6 Å². The molecule has 1 aromatic rings. The van der Waals surface area contributed by atoms with Crippen molar-refractivity contribution in [3.63, 3.8) is 0 Å². The number of anilines is 1. The second kappa shape index (κ2) is 10.8. The number of fused-ring (bicyclic) bond motifs is 3. The quantitative estimate of drug-likeness (QED) is 0.372. The minimum atomic E-state index is -4.33. The smallest absolute Gasteiger partial charge is 0.393 e. The molecule has 3 aliphatic carbocycles. The van der Waals surface area contributed by atoms with Gasteiger partial charge in [-0.15, -0.1) is 0 Å². The Labute approximate surface area is 247 Å². The van der Waals surface area contributed by atoms with Crippen LogP contribution in [0, 0.1) is 23.7 Å². The number of carbonyl (C=O) groups excluding carboxylic acids is 3. The molecule has 1 saturated heterocycles. The number of nitrogens with two attached hydrogens (primary N) is 1. The molecule has 1 aromatic carbocycles. The minimum Gasteiger partial charge on any atom is -0.511 e. The summed E-state index contributed by atoms with van der Waals surface area (Å²) in [6, 6.07) is 0.874. The summed E-state index contributed by atoms with van der Waals surface area (Å²) in [6.07, 6.45) is -3.50. The number of likely N-dealkylation sites (N-methyl/N-ethyl adjacent to an activating group) is 1. The number of alkyl halides is 3. The van der Waals surface area contributed by atoms with Crippen molar-refractivity contribution in [1.82, 2.24) is 9.80 Å². The number of hydrogen-bond acceptors (Lipinski definition) is 9. The molecule has 5 unspecified atom stereocenters. The largest absolute Gasteiger partial charge is 0.511 e. The molecular formula is C30H37F3N4O6. The second-order valence-corrected chi connectivity index (χ2v) is 12.6. The lowest BCUT2D eigenvalue weighted by Gasteiger charge is -2.46. The van der Waals surface area contributed by atoms with Gasteiger partial charge < -0.3 is 26.0 Å². The maximum atomic E-state index is 14.1. The predicted octanol–water partition coefficient (Wildman–Crippen LogP) is 2.85. The van der Waals surface area contributed by atoms with Crippen LogP contribution in [-0.4, -0.2) is 96.1 Å². The number of aliphatic hydroxyl groups excluding tert-OH is 2. The lowest BCUT2D eigenvalue weighted by Crippen LogP contribution is -2.53. The lowest BCUT2D eigenvalue weighted by molar-refractivity contribution is -0.187. The highest BCUT2D eigenvalue weighted by Crippen LogP contribution is 2.52. The van der Waals surface area contributed by atoms with Crippen molar-refractivity contribution in [3.05, 3.63) is 45.4 Å². The molecule has 0 spiro atoms. The van der Waals surface area contributed by atoms with Crippen molar-refractivity contribution in [2.45, 2.75) is 44.4 Å². The Kier molecular flexibility index (Phi) is 7.79. The van der Waals surface area contributed by atoms with Gasteiger partial charge in [0.05, 0.1) is 23.4 Å². The van der Waals surface area contributed by atoms with Crippen LogP contribution in [-0.2, 0) is 22.6 Å². The maximum absolute atomic E-state index is 14.1. The summed E-state index contributed by atoms with van der Waals surface area (Å²) < 4.78 is 40.4. The van der Waals surface area contributed by atoms with Crippen molar-refractivity contribution in [2.24, 2.45) is 29.4 Å². The van der Waals surface area contributed by atoms with Crippen molar-refractivity contribution in [3.8, 4) is 5.75 Å². The molecule has 43 heavy (non-hydrogen) atoms. The zero-order chi connectivity index (χ0) is 31.7. The summed E-state index contributed by atoms with van der Waals surface area (Å²) in [4.78, 5) is 44.7. The number of primary amides is 1. The van der Waals surface area contributed by atoms with Crippen LogP contribution in [0.3, 0.4) is 0 Å². The molecule has 5 atom stereocenters. The number of piperidine rings is 1. The summed E-state index contributed by atoms with van der Waals surface area (Å²) in [6.45, 7) is 0.178. The summed E-state index contributed by atoms with van der Waals surface area (Å²) >= 11 is 0. The molecule has 1 heterocycles. The highest BCUT2D eigenvalue weighted by molar-refractivity contribution is 6.22. The number of carbonyl (C=O) groups is 3. The van der Waals surface area contributed by atoms with Crippen molar-refractivity contribution in [2.75, 3.05) is 46.2 Å². The van der Waals surface area contributed by atoms with Gasteiger partial charge in [0.1, 0.15) is 22.8 Å². The minimum absolute atomic E-state index is 0.00594. The highest BCUT2D eigenvalue weighted by Gasteiger charge is 2.54. The van der Waals surface area contributed by atoms with Gasteiger partial charge in [-0.2, -0.15) is 13.2 Å². The number of allylic oxidation sites excluding steroid dienone is 2. The Balaban J connectivity index is 1.59. The third-order valence-electron chi connectivity index (χ3n) is 9.47. The van der Waals surface area contributed by atoms with E-state index < -0.39 is 70.5 Å². The Hall–Kier alpha value is -3.58. The first-order valence-electron chi connectivity index (χ1n) is 14.3. The molecule has 0 bridgehead atoms. The highest BCUT2D eigenvalue weighted by atomic mass is 19.4. The Morgan fingerprint density at radius 3 is 2.37 bits per heavy atom. The Morgan fingerprint density at radius 2 is 1.79 bits per heavy atom. The number of benzene rings is 1. The van der Waals surface area contributed by atoms with E-state index in [0.717, 1.165) is 0 Å². The molecule has 1 fully saturated rings. The third-order valence-corrected chi connectivity index (χ3v) is 9.47. The number of nitrogens with zero attached hydrogens (tertiary/aromatic N) is 3. The van der Waals surface area contributed by atoms with Crippen LogP contribution < -0.4 is 10.6 Å². The van der Waals surface area contributed by atoms with Crippen LogP contribution in [0.4, 0.5) is 18.9 Å². The zero-order valence-electron chi connectivity index (χ0n) is 24.5. The number of halogens is 3. The predicted molar refractivity (Wildman–Crippen MR) is 151 cm³/mol. The number of aromatic hydroxyl groups is 1. The van der Waals surface area contributed by atoms with Gasteiger partial charge in [0.25, 0.3) is 5.91 Å².